The number of hydrogen-bond donors (Lipinski definition) is 2. The molecule has 178 valence electrons. The molecule has 1 fully saturated rings. The number of amides is 3. The second-order valence-electron chi connectivity index (χ2n) is 7.76. The summed E-state index contributed by atoms with van der Waals surface area (Å²) in [5, 5.41) is 3.77. The molecule has 0 bridgehead atoms. The van der Waals surface area contributed by atoms with Crippen LogP contribution in [0, 0.1) is 5.82 Å². The summed E-state index contributed by atoms with van der Waals surface area (Å²) in [5.74, 6) is -2.13. The number of hydrogen-bond acceptors (Lipinski definition) is 4. The third kappa shape index (κ3) is 5.72. The lowest BCUT2D eigenvalue weighted by Gasteiger charge is -2.24. The maximum Gasteiger partial charge on any atom is 0.269 e. The Morgan fingerprint density at radius 2 is 1.63 bits per heavy atom. The first-order valence-corrected chi connectivity index (χ1v) is 11.8. The molecule has 0 radical (unpaired) electrons. The smallest absolute Gasteiger partial charge is 0.269 e. The molecule has 1 atom stereocenters. The van der Waals surface area contributed by atoms with Crippen LogP contribution in [0.1, 0.15) is 22.3 Å². The van der Waals surface area contributed by atoms with Gasteiger partial charge < -0.3 is 5.32 Å². The van der Waals surface area contributed by atoms with E-state index in [0.29, 0.717) is 5.56 Å². The summed E-state index contributed by atoms with van der Waals surface area (Å²) in [6.45, 7) is 0.175. The molecule has 1 unspecified atom stereocenters. The zero-order chi connectivity index (χ0) is 24.9. The Morgan fingerprint density at radius 1 is 0.971 bits per heavy atom. The summed E-state index contributed by atoms with van der Waals surface area (Å²) < 4.78 is 14.8. The molecule has 7 nitrogen and oxygen atoms in total. The van der Waals surface area contributed by atoms with Crippen molar-refractivity contribution in [3.05, 3.63) is 100 Å². The van der Waals surface area contributed by atoms with E-state index in [-0.39, 0.29) is 23.8 Å². The molecule has 3 aromatic rings. The van der Waals surface area contributed by atoms with Gasteiger partial charge in [0.05, 0.1) is 18.7 Å². The normalized spacial score (nSPS) is 15.3. The van der Waals surface area contributed by atoms with Crippen molar-refractivity contribution >= 4 is 56.7 Å². The number of benzene rings is 3. The molecule has 2 N–H and O–H groups in total. The molecule has 0 saturated carbocycles. The summed E-state index contributed by atoms with van der Waals surface area (Å²) in [7, 11) is 0. The van der Waals surface area contributed by atoms with E-state index in [1.165, 1.54) is 28.1 Å². The van der Waals surface area contributed by atoms with E-state index in [9.17, 15) is 18.8 Å². The van der Waals surface area contributed by atoms with Gasteiger partial charge in [-0.15, -0.1) is 0 Å². The largest absolute Gasteiger partial charge is 0.324 e. The maximum atomic E-state index is 14.0. The van der Waals surface area contributed by atoms with Crippen molar-refractivity contribution in [3.8, 4) is 0 Å². The zero-order valence-electron chi connectivity index (χ0n) is 18.3. The van der Waals surface area contributed by atoms with Crippen LogP contribution < -0.4 is 10.7 Å². The van der Waals surface area contributed by atoms with E-state index in [1.807, 2.05) is 30.3 Å². The SMILES string of the molecule is O=C(CC1C(=O)N(Cc2ccccc2)C(=S)N1NC(=O)c1ccc(Br)cc1)Nc1ccccc1F. The minimum Gasteiger partial charge on any atom is -0.324 e. The molecule has 0 aromatic heterocycles. The third-order valence-electron chi connectivity index (χ3n) is 5.34. The number of nitrogens with zero attached hydrogens (tertiary/aromatic N) is 2. The van der Waals surface area contributed by atoms with Crippen LogP contribution in [0.3, 0.4) is 0 Å². The van der Waals surface area contributed by atoms with Crippen LogP contribution in [0.15, 0.2) is 83.3 Å². The third-order valence-corrected chi connectivity index (χ3v) is 6.28. The molecule has 3 amide bonds. The van der Waals surface area contributed by atoms with Crippen molar-refractivity contribution in [2.75, 3.05) is 5.32 Å². The molecular weight excluding hydrogens is 535 g/mol. The van der Waals surface area contributed by atoms with Gasteiger partial charge in [-0.1, -0.05) is 58.4 Å². The fourth-order valence-electron chi connectivity index (χ4n) is 3.58. The number of carbonyl (C=O) groups excluding carboxylic acids is 3. The molecule has 1 aliphatic rings. The number of hydrazine groups is 1. The Labute approximate surface area is 215 Å². The Morgan fingerprint density at radius 3 is 2.31 bits per heavy atom. The summed E-state index contributed by atoms with van der Waals surface area (Å²) in [6.07, 6.45) is -0.348. The highest BCUT2D eigenvalue weighted by Gasteiger charge is 2.44. The van der Waals surface area contributed by atoms with Gasteiger partial charge in [0.1, 0.15) is 11.9 Å². The number of carbonyl (C=O) groups is 3. The fraction of sp³-hybridized carbons (Fsp3) is 0.120. The summed E-state index contributed by atoms with van der Waals surface area (Å²) >= 11 is 8.85. The highest BCUT2D eigenvalue weighted by atomic mass is 79.9. The number of anilines is 1. The van der Waals surface area contributed by atoms with Crippen LogP contribution in [-0.2, 0) is 16.1 Å². The summed E-state index contributed by atoms with van der Waals surface area (Å²) in [4.78, 5) is 40.3. The van der Waals surface area contributed by atoms with Crippen LogP contribution in [0.5, 0.6) is 0 Å². The maximum absolute atomic E-state index is 14.0. The standard InChI is InChI=1S/C25H20BrFN4O3S/c26-18-12-10-17(11-13-18)23(33)29-31-21(14-22(32)28-20-9-5-4-8-19(20)27)24(34)30(25(31)35)15-16-6-2-1-3-7-16/h1-13,21H,14-15H2,(H,28,32)(H,29,33). The highest BCUT2D eigenvalue weighted by Crippen LogP contribution is 2.23. The number of thiocarbonyl (C=S) groups is 1. The van der Waals surface area contributed by atoms with Crippen LogP contribution in [0.25, 0.3) is 0 Å². The summed E-state index contributed by atoms with van der Waals surface area (Å²) in [5.41, 5.74) is 3.84. The van der Waals surface area contributed by atoms with Crippen molar-refractivity contribution in [1.82, 2.24) is 15.3 Å². The van der Waals surface area contributed by atoms with E-state index >= 15 is 0 Å². The van der Waals surface area contributed by atoms with E-state index in [2.05, 4.69) is 26.7 Å². The monoisotopic (exact) mass is 554 g/mol. The quantitative estimate of drug-likeness (QED) is 0.426. The lowest BCUT2D eigenvalue weighted by molar-refractivity contribution is -0.131. The van der Waals surface area contributed by atoms with Gasteiger partial charge in [0.15, 0.2) is 5.11 Å². The molecular formula is C25H20BrFN4O3S. The predicted molar refractivity (Wildman–Crippen MR) is 136 cm³/mol. The molecule has 4 rings (SSSR count). The summed E-state index contributed by atoms with van der Waals surface area (Å²) in [6, 6.07) is 20.5. The van der Waals surface area contributed by atoms with Crippen LogP contribution in [-0.4, -0.2) is 38.8 Å². The van der Waals surface area contributed by atoms with E-state index in [0.717, 1.165) is 10.0 Å². The van der Waals surface area contributed by atoms with Gasteiger partial charge >= 0.3 is 0 Å². The van der Waals surface area contributed by atoms with Crippen LogP contribution in [0.4, 0.5) is 10.1 Å². The zero-order valence-corrected chi connectivity index (χ0v) is 20.7. The Hall–Kier alpha value is -3.63. The van der Waals surface area contributed by atoms with Gasteiger partial charge in [-0.05, 0) is 54.2 Å². The van der Waals surface area contributed by atoms with Crippen LogP contribution in [0.2, 0.25) is 0 Å². The highest BCUT2D eigenvalue weighted by molar-refractivity contribution is 9.10. The van der Waals surface area contributed by atoms with Gasteiger partial charge in [-0.25, -0.2) is 9.40 Å². The van der Waals surface area contributed by atoms with E-state index in [1.54, 1.807) is 30.3 Å². The van der Waals surface area contributed by atoms with Gasteiger partial charge in [0.2, 0.25) is 5.91 Å². The first-order valence-electron chi connectivity index (χ1n) is 10.6. The second-order valence-corrected chi connectivity index (χ2v) is 9.04. The molecule has 1 heterocycles. The molecule has 1 aliphatic heterocycles. The van der Waals surface area contributed by atoms with Gasteiger partial charge in [-0.2, -0.15) is 0 Å². The van der Waals surface area contributed by atoms with Crippen molar-refractivity contribution < 1.29 is 18.8 Å². The minimum absolute atomic E-state index is 0.00267. The average molecular weight is 555 g/mol. The lowest BCUT2D eigenvalue weighted by atomic mass is 10.1. The van der Waals surface area contributed by atoms with Gasteiger partial charge in [0, 0.05) is 10.0 Å². The molecule has 3 aromatic carbocycles. The number of rotatable bonds is 7. The van der Waals surface area contributed by atoms with Gasteiger partial charge in [0.25, 0.3) is 11.8 Å². The number of para-hydroxylation sites is 1. The Bertz CT molecular complexity index is 1270. The number of halogens is 2. The predicted octanol–water partition coefficient (Wildman–Crippen LogP) is 4.26. The lowest BCUT2D eigenvalue weighted by Crippen LogP contribution is -2.49. The van der Waals surface area contributed by atoms with Gasteiger partial charge in [-0.3, -0.25) is 24.7 Å². The van der Waals surface area contributed by atoms with E-state index in [4.69, 9.17) is 12.2 Å². The van der Waals surface area contributed by atoms with Crippen molar-refractivity contribution in [3.63, 3.8) is 0 Å². The Kier molecular flexibility index (Phi) is 7.52. The average Bonchev–Trinajstić information content (AvgIpc) is 3.05. The molecule has 35 heavy (non-hydrogen) atoms. The van der Waals surface area contributed by atoms with Crippen molar-refractivity contribution in [2.24, 2.45) is 0 Å². The second kappa shape index (κ2) is 10.7. The van der Waals surface area contributed by atoms with Crippen molar-refractivity contribution in [2.45, 2.75) is 19.0 Å². The molecule has 1 saturated heterocycles. The first-order chi connectivity index (χ1) is 16.8. The topological polar surface area (TPSA) is 81.8 Å². The molecule has 0 aliphatic carbocycles. The Balaban J connectivity index is 1.56. The molecule has 0 spiro atoms. The number of nitrogens with one attached hydrogen (secondary N) is 2. The first kappa shape index (κ1) is 24.5. The van der Waals surface area contributed by atoms with Crippen molar-refractivity contribution in [1.29, 1.82) is 0 Å². The van der Waals surface area contributed by atoms with E-state index < -0.39 is 29.6 Å². The fourth-order valence-corrected chi connectivity index (χ4v) is 4.17. The van der Waals surface area contributed by atoms with Crippen LogP contribution >= 0.6 is 28.1 Å². The molecule has 10 heteroatoms. The minimum atomic E-state index is -1.10.